The van der Waals surface area contributed by atoms with Crippen LogP contribution in [0.25, 0.3) is 0 Å². The molecular formula is C9H16O4. The average Bonchev–Trinajstić information content (AvgIpc) is 1.96. The third-order valence-electron chi connectivity index (χ3n) is 1.86. The van der Waals surface area contributed by atoms with Crippen LogP contribution in [0.1, 0.15) is 39.0 Å². The van der Waals surface area contributed by atoms with E-state index in [9.17, 15) is 9.59 Å². The van der Waals surface area contributed by atoms with Crippen molar-refractivity contribution in [3.05, 3.63) is 0 Å². The minimum atomic E-state index is -0.786. The molecule has 0 fully saturated rings. The number of rotatable bonds is 7. The van der Waals surface area contributed by atoms with Gasteiger partial charge in [0.15, 0.2) is 0 Å². The Morgan fingerprint density at radius 2 is 1.77 bits per heavy atom. The van der Waals surface area contributed by atoms with Crippen LogP contribution >= 0.6 is 0 Å². The van der Waals surface area contributed by atoms with E-state index in [1.54, 1.807) is 0 Å². The first-order chi connectivity index (χ1) is 6.02. The van der Waals surface area contributed by atoms with Crippen LogP contribution in [0.15, 0.2) is 0 Å². The van der Waals surface area contributed by atoms with E-state index in [1.807, 2.05) is 6.92 Å². The summed E-state index contributed by atoms with van der Waals surface area (Å²) in [6.45, 7) is 1.87. The Labute approximate surface area is 77.6 Å². The van der Waals surface area contributed by atoms with Gasteiger partial charge in [0.1, 0.15) is 0 Å². The van der Waals surface area contributed by atoms with E-state index in [2.05, 4.69) is 0 Å². The maximum atomic E-state index is 10.3. The van der Waals surface area contributed by atoms with Gasteiger partial charge in [0.25, 0.3) is 0 Å². The molecule has 0 aliphatic rings. The molecule has 4 nitrogen and oxygen atoms in total. The Hall–Kier alpha value is -1.06. The van der Waals surface area contributed by atoms with Crippen LogP contribution in [-0.4, -0.2) is 22.2 Å². The minimum absolute atomic E-state index is 0.145. The Bertz CT molecular complexity index is 176. The fraction of sp³-hybridized carbons (Fsp3) is 0.778. The highest BCUT2D eigenvalue weighted by atomic mass is 16.4. The first-order valence-corrected chi connectivity index (χ1v) is 4.46. The van der Waals surface area contributed by atoms with Crippen molar-refractivity contribution in [1.82, 2.24) is 0 Å². The van der Waals surface area contributed by atoms with Crippen molar-refractivity contribution >= 4 is 11.9 Å². The zero-order chi connectivity index (χ0) is 10.3. The molecule has 0 saturated heterocycles. The fourth-order valence-electron chi connectivity index (χ4n) is 1.17. The third-order valence-corrected chi connectivity index (χ3v) is 1.86. The maximum Gasteiger partial charge on any atom is 0.303 e. The van der Waals surface area contributed by atoms with Gasteiger partial charge in [-0.15, -0.1) is 0 Å². The van der Waals surface area contributed by atoms with Crippen LogP contribution in [0.3, 0.4) is 0 Å². The number of aliphatic carboxylic acids is 2. The van der Waals surface area contributed by atoms with Crippen molar-refractivity contribution < 1.29 is 19.8 Å². The predicted octanol–water partition coefficient (Wildman–Crippen LogP) is 1.74. The highest BCUT2D eigenvalue weighted by Crippen LogP contribution is 2.12. The van der Waals surface area contributed by atoms with Gasteiger partial charge in [-0.25, -0.2) is 0 Å². The number of hydrogen-bond acceptors (Lipinski definition) is 2. The molecule has 0 rings (SSSR count). The van der Waals surface area contributed by atoms with Crippen molar-refractivity contribution in [3.63, 3.8) is 0 Å². The summed E-state index contributed by atoms with van der Waals surface area (Å²) in [7, 11) is 0. The zero-order valence-corrected chi connectivity index (χ0v) is 7.82. The molecule has 0 aromatic heterocycles. The van der Waals surface area contributed by atoms with E-state index >= 15 is 0 Å². The maximum absolute atomic E-state index is 10.3. The van der Waals surface area contributed by atoms with Crippen LogP contribution in [0.5, 0.6) is 0 Å². The summed E-state index contributed by atoms with van der Waals surface area (Å²) >= 11 is 0. The Balaban J connectivity index is 3.31. The summed E-state index contributed by atoms with van der Waals surface area (Å²) in [5, 5.41) is 16.8. The molecule has 0 bridgehead atoms. The lowest BCUT2D eigenvalue weighted by molar-refractivity contribution is -0.139. The molecule has 13 heavy (non-hydrogen) atoms. The lowest BCUT2D eigenvalue weighted by Gasteiger charge is -2.06. The molecule has 1 atom stereocenters. The predicted molar refractivity (Wildman–Crippen MR) is 47.5 cm³/mol. The van der Waals surface area contributed by atoms with Gasteiger partial charge in [0, 0.05) is 12.8 Å². The number of carbonyl (C=O) groups is 2. The van der Waals surface area contributed by atoms with Crippen molar-refractivity contribution in [3.8, 4) is 0 Å². The van der Waals surface area contributed by atoms with E-state index in [-0.39, 0.29) is 18.8 Å². The molecule has 0 amide bonds. The average molecular weight is 188 g/mol. The molecule has 4 heteroatoms. The summed E-state index contributed by atoms with van der Waals surface area (Å²) in [6, 6.07) is 0. The molecule has 1 unspecified atom stereocenters. The highest BCUT2D eigenvalue weighted by molar-refractivity contribution is 5.67. The van der Waals surface area contributed by atoms with Crippen LogP contribution in [0, 0.1) is 5.92 Å². The SMILES string of the molecule is CC(CCCCC(=O)O)CC(=O)O. The van der Waals surface area contributed by atoms with Gasteiger partial charge in [-0.2, -0.15) is 0 Å². The van der Waals surface area contributed by atoms with Crippen LogP contribution in [0.4, 0.5) is 0 Å². The molecule has 0 spiro atoms. The number of unbranched alkanes of at least 4 members (excludes halogenated alkanes) is 1. The first-order valence-electron chi connectivity index (χ1n) is 4.46. The number of carboxylic acid groups (broad SMARTS) is 2. The summed E-state index contributed by atoms with van der Waals surface area (Å²) in [6.07, 6.45) is 2.58. The second kappa shape index (κ2) is 6.46. The molecule has 0 saturated carbocycles. The van der Waals surface area contributed by atoms with Gasteiger partial charge in [-0.3, -0.25) is 9.59 Å². The van der Waals surface area contributed by atoms with Gasteiger partial charge in [-0.1, -0.05) is 19.8 Å². The molecule has 0 heterocycles. The zero-order valence-electron chi connectivity index (χ0n) is 7.82. The summed E-state index contributed by atoms with van der Waals surface area (Å²) in [4.78, 5) is 20.4. The lowest BCUT2D eigenvalue weighted by Crippen LogP contribution is -2.04. The molecule has 2 N–H and O–H groups in total. The third kappa shape index (κ3) is 8.85. The standard InChI is InChI=1S/C9H16O4/c1-7(6-9(12)13)4-2-3-5-8(10)11/h7H,2-6H2,1H3,(H,10,11)(H,12,13). The lowest BCUT2D eigenvalue weighted by atomic mass is 10.00. The normalized spacial score (nSPS) is 12.4. The van der Waals surface area contributed by atoms with E-state index < -0.39 is 11.9 Å². The largest absolute Gasteiger partial charge is 0.481 e. The molecule has 0 aromatic rings. The van der Waals surface area contributed by atoms with Crippen molar-refractivity contribution in [1.29, 1.82) is 0 Å². The van der Waals surface area contributed by atoms with E-state index in [4.69, 9.17) is 10.2 Å². The van der Waals surface area contributed by atoms with Crippen molar-refractivity contribution in [2.24, 2.45) is 5.92 Å². The molecule has 76 valence electrons. The van der Waals surface area contributed by atoms with E-state index in [0.29, 0.717) is 6.42 Å². The van der Waals surface area contributed by atoms with E-state index in [1.165, 1.54) is 0 Å². The molecule has 0 radical (unpaired) electrons. The summed E-state index contributed by atoms with van der Waals surface area (Å²) in [5.41, 5.74) is 0. The highest BCUT2D eigenvalue weighted by Gasteiger charge is 2.07. The molecule has 0 aromatic carbocycles. The van der Waals surface area contributed by atoms with Crippen molar-refractivity contribution in [2.75, 3.05) is 0 Å². The van der Waals surface area contributed by atoms with Gasteiger partial charge in [0.05, 0.1) is 0 Å². The topological polar surface area (TPSA) is 74.6 Å². The van der Waals surface area contributed by atoms with Crippen LogP contribution < -0.4 is 0 Å². The second-order valence-electron chi connectivity index (χ2n) is 3.34. The summed E-state index contributed by atoms with van der Waals surface area (Å²) < 4.78 is 0. The second-order valence-corrected chi connectivity index (χ2v) is 3.34. The van der Waals surface area contributed by atoms with E-state index in [0.717, 1.165) is 12.8 Å². The minimum Gasteiger partial charge on any atom is -0.481 e. The number of hydrogen-bond donors (Lipinski definition) is 2. The van der Waals surface area contributed by atoms with Gasteiger partial charge in [0.2, 0.25) is 0 Å². The quantitative estimate of drug-likeness (QED) is 0.597. The van der Waals surface area contributed by atoms with Gasteiger partial charge in [-0.05, 0) is 12.3 Å². The summed E-state index contributed by atoms with van der Waals surface area (Å²) in [5.74, 6) is -1.43. The van der Waals surface area contributed by atoms with Crippen LogP contribution in [0.2, 0.25) is 0 Å². The Kier molecular flexibility index (Phi) is 5.93. The number of carboxylic acids is 2. The molecule has 0 aliphatic carbocycles. The van der Waals surface area contributed by atoms with Crippen LogP contribution in [-0.2, 0) is 9.59 Å². The van der Waals surface area contributed by atoms with Gasteiger partial charge < -0.3 is 10.2 Å². The smallest absolute Gasteiger partial charge is 0.303 e. The van der Waals surface area contributed by atoms with Gasteiger partial charge >= 0.3 is 11.9 Å². The fourth-order valence-corrected chi connectivity index (χ4v) is 1.17. The first kappa shape index (κ1) is 11.9. The monoisotopic (exact) mass is 188 g/mol. The molecule has 0 aliphatic heterocycles. The Morgan fingerprint density at radius 3 is 2.23 bits per heavy atom. The van der Waals surface area contributed by atoms with Crippen molar-refractivity contribution in [2.45, 2.75) is 39.0 Å². The Morgan fingerprint density at radius 1 is 1.15 bits per heavy atom. The molecular weight excluding hydrogens is 172 g/mol.